The number of rotatable bonds is 4. The molecule has 0 unspecified atom stereocenters. The Balaban J connectivity index is 0.00000231. The van der Waals surface area contributed by atoms with Gasteiger partial charge in [-0.15, -0.1) is 12.4 Å². The Labute approximate surface area is 185 Å². The third kappa shape index (κ3) is 3.13. The van der Waals surface area contributed by atoms with E-state index in [4.69, 9.17) is 28.4 Å². The zero-order chi connectivity index (χ0) is 21.0. The molecule has 2 heterocycles. The van der Waals surface area contributed by atoms with E-state index in [9.17, 15) is 9.90 Å². The van der Waals surface area contributed by atoms with Crippen LogP contribution in [-0.4, -0.2) is 45.8 Å². The number of ether oxygens (including phenoxy) is 6. The number of cyclic esters (lactones) is 1. The van der Waals surface area contributed by atoms with E-state index in [-0.39, 0.29) is 43.6 Å². The van der Waals surface area contributed by atoms with Crippen molar-refractivity contribution >= 4 is 18.4 Å². The van der Waals surface area contributed by atoms with Crippen LogP contribution in [0.4, 0.5) is 0 Å². The Morgan fingerprint density at radius 1 is 0.903 bits per heavy atom. The SMILES string of the molecule is COc1cc([C@@H]2c3cc4c(cc3[C@H](O)[C@H]3COC(=O)[C@H]23)OCO4)cc(OC)c1OC.Cl. The van der Waals surface area contributed by atoms with Crippen molar-refractivity contribution in [1.82, 2.24) is 0 Å². The number of esters is 1. The molecule has 0 saturated carbocycles. The Morgan fingerprint density at radius 2 is 1.52 bits per heavy atom. The van der Waals surface area contributed by atoms with Crippen molar-refractivity contribution in [2.75, 3.05) is 34.7 Å². The molecule has 1 saturated heterocycles. The molecule has 166 valence electrons. The highest BCUT2D eigenvalue weighted by Crippen LogP contribution is 2.55. The highest BCUT2D eigenvalue weighted by atomic mass is 35.5. The average Bonchev–Trinajstić information content (AvgIpc) is 3.38. The van der Waals surface area contributed by atoms with Crippen LogP contribution in [-0.2, 0) is 9.53 Å². The molecule has 1 N–H and O–H groups in total. The first kappa shape index (κ1) is 21.4. The van der Waals surface area contributed by atoms with E-state index in [1.54, 1.807) is 20.3 Å². The van der Waals surface area contributed by atoms with E-state index >= 15 is 0 Å². The van der Waals surface area contributed by atoms with Gasteiger partial charge in [-0.1, -0.05) is 0 Å². The molecule has 1 fully saturated rings. The number of carbonyl (C=O) groups excluding carboxylic acids is 1. The fourth-order valence-corrected chi connectivity index (χ4v) is 4.81. The van der Waals surface area contributed by atoms with Gasteiger partial charge in [-0.05, 0) is 41.0 Å². The minimum absolute atomic E-state index is 0. The zero-order valence-corrected chi connectivity index (χ0v) is 18.1. The van der Waals surface area contributed by atoms with E-state index in [1.807, 2.05) is 18.2 Å². The summed E-state index contributed by atoms with van der Waals surface area (Å²) >= 11 is 0. The number of aliphatic hydroxyl groups excluding tert-OH is 1. The van der Waals surface area contributed by atoms with Gasteiger partial charge in [0.1, 0.15) is 0 Å². The highest BCUT2D eigenvalue weighted by molar-refractivity contribution is 5.85. The van der Waals surface area contributed by atoms with Crippen LogP contribution in [0.5, 0.6) is 28.7 Å². The van der Waals surface area contributed by atoms with Gasteiger partial charge in [0.2, 0.25) is 12.5 Å². The van der Waals surface area contributed by atoms with E-state index < -0.39 is 12.0 Å². The first-order valence-corrected chi connectivity index (χ1v) is 9.65. The number of halogens is 1. The molecule has 2 aromatic rings. The summed E-state index contributed by atoms with van der Waals surface area (Å²) in [5, 5.41) is 11.0. The third-order valence-corrected chi connectivity index (χ3v) is 6.19. The van der Waals surface area contributed by atoms with Crippen LogP contribution in [0.25, 0.3) is 0 Å². The standard InChI is InChI=1S/C22H22O8.ClH/c1-25-16-4-10(5-17(26-2)21(16)27-3)18-11-6-14-15(30-9-29-14)7-12(11)20(23)13-8-28-22(24)19(13)18;/h4-7,13,18-20,23H,8-9H2,1-3H3;1H/t13-,18+,19-,20-;/m0./s1. The molecule has 4 atom stereocenters. The van der Waals surface area contributed by atoms with Crippen molar-refractivity contribution < 1.29 is 38.3 Å². The smallest absolute Gasteiger partial charge is 0.310 e. The maximum atomic E-state index is 12.7. The third-order valence-electron chi connectivity index (χ3n) is 6.19. The van der Waals surface area contributed by atoms with Gasteiger partial charge in [0.15, 0.2) is 23.0 Å². The van der Waals surface area contributed by atoms with Gasteiger partial charge in [0.25, 0.3) is 0 Å². The van der Waals surface area contributed by atoms with E-state index in [1.165, 1.54) is 7.11 Å². The second kappa shape index (κ2) is 8.01. The summed E-state index contributed by atoms with van der Waals surface area (Å²) in [5.74, 6) is 0.989. The molecule has 31 heavy (non-hydrogen) atoms. The molecule has 5 rings (SSSR count). The van der Waals surface area contributed by atoms with Crippen molar-refractivity contribution in [1.29, 1.82) is 0 Å². The Kier molecular flexibility index (Phi) is 5.53. The summed E-state index contributed by atoms with van der Waals surface area (Å²) in [7, 11) is 4.63. The molecule has 9 heteroatoms. The summed E-state index contributed by atoms with van der Waals surface area (Å²) in [6.07, 6.45) is -0.843. The fourth-order valence-electron chi connectivity index (χ4n) is 4.81. The summed E-state index contributed by atoms with van der Waals surface area (Å²) in [6, 6.07) is 7.31. The first-order valence-electron chi connectivity index (χ1n) is 9.65. The monoisotopic (exact) mass is 450 g/mol. The topological polar surface area (TPSA) is 92.7 Å². The van der Waals surface area contributed by atoms with Crippen LogP contribution < -0.4 is 23.7 Å². The molecule has 0 spiro atoms. The molecule has 0 amide bonds. The minimum Gasteiger partial charge on any atom is -0.493 e. The number of hydrogen-bond acceptors (Lipinski definition) is 8. The summed E-state index contributed by atoms with van der Waals surface area (Å²) in [5.41, 5.74) is 2.30. The summed E-state index contributed by atoms with van der Waals surface area (Å²) in [4.78, 5) is 12.7. The molecule has 2 aliphatic heterocycles. The van der Waals surface area contributed by atoms with Crippen molar-refractivity contribution in [2.24, 2.45) is 11.8 Å². The van der Waals surface area contributed by atoms with E-state index in [2.05, 4.69) is 0 Å². The second-order valence-corrected chi connectivity index (χ2v) is 7.54. The van der Waals surface area contributed by atoms with Crippen LogP contribution in [0.15, 0.2) is 24.3 Å². The van der Waals surface area contributed by atoms with Gasteiger partial charge in [-0.25, -0.2) is 0 Å². The van der Waals surface area contributed by atoms with Crippen molar-refractivity contribution in [2.45, 2.75) is 12.0 Å². The van der Waals surface area contributed by atoms with Gasteiger partial charge >= 0.3 is 5.97 Å². The van der Waals surface area contributed by atoms with Gasteiger partial charge in [-0.3, -0.25) is 4.79 Å². The van der Waals surface area contributed by atoms with Crippen LogP contribution in [0, 0.1) is 11.8 Å². The fraction of sp³-hybridized carbons (Fsp3) is 0.409. The maximum Gasteiger partial charge on any atom is 0.310 e. The van der Waals surface area contributed by atoms with Gasteiger partial charge in [0, 0.05) is 11.8 Å². The number of fused-ring (bicyclic) bond motifs is 3. The summed E-state index contributed by atoms with van der Waals surface area (Å²) < 4.78 is 32.9. The zero-order valence-electron chi connectivity index (χ0n) is 17.2. The lowest BCUT2D eigenvalue weighted by atomic mass is 9.66. The quantitative estimate of drug-likeness (QED) is 0.711. The van der Waals surface area contributed by atoms with Gasteiger partial charge < -0.3 is 33.5 Å². The highest BCUT2D eigenvalue weighted by Gasteiger charge is 2.52. The minimum atomic E-state index is -0.843. The molecule has 3 aliphatic rings. The number of benzene rings is 2. The van der Waals surface area contributed by atoms with Gasteiger partial charge in [-0.2, -0.15) is 0 Å². The molecule has 0 radical (unpaired) electrons. The number of carbonyl (C=O) groups is 1. The predicted octanol–water partition coefficient (Wildman–Crippen LogP) is 2.83. The molecule has 0 aromatic heterocycles. The molecule has 2 aromatic carbocycles. The van der Waals surface area contributed by atoms with Crippen molar-refractivity contribution in [3.05, 3.63) is 41.0 Å². The molecular weight excluding hydrogens is 428 g/mol. The molecular formula is C22H23ClO8. The van der Waals surface area contributed by atoms with Gasteiger partial charge in [0.05, 0.1) is 40.0 Å². The lowest BCUT2D eigenvalue weighted by Gasteiger charge is -2.37. The largest absolute Gasteiger partial charge is 0.493 e. The second-order valence-electron chi connectivity index (χ2n) is 7.54. The van der Waals surface area contributed by atoms with E-state index in [0.717, 1.165) is 11.1 Å². The van der Waals surface area contributed by atoms with Crippen LogP contribution in [0.1, 0.15) is 28.7 Å². The molecule has 1 aliphatic carbocycles. The lowest BCUT2D eigenvalue weighted by molar-refractivity contribution is -0.141. The number of methoxy groups -OCH3 is 3. The van der Waals surface area contributed by atoms with Crippen molar-refractivity contribution in [3.63, 3.8) is 0 Å². The van der Waals surface area contributed by atoms with Crippen LogP contribution >= 0.6 is 12.4 Å². The predicted molar refractivity (Wildman–Crippen MR) is 111 cm³/mol. The maximum absolute atomic E-state index is 12.7. The lowest BCUT2D eigenvalue weighted by Crippen LogP contribution is -2.34. The number of aliphatic hydroxyl groups is 1. The Morgan fingerprint density at radius 3 is 2.10 bits per heavy atom. The van der Waals surface area contributed by atoms with E-state index in [0.29, 0.717) is 34.3 Å². The molecule has 0 bridgehead atoms. The summed E-state index contributed by atoms with van der Waals surface area (Å²) in [6.45, 7) is 0.289. The number of hydrogen-bond donors (Lipinski definition) is 1. The first-order chi connectivity index (χ1) is 14.6. The van der Waals surface area contributed by atoms with Crippen LogP contribution in [0.2, 0.25) is 0 Å². The Hall–Kier alpha value is -2.84. The normalized spacial score (nSPS) is 25.1. The molecule has 8 nitrogen and oxygen atoms in total. The van der Waals surface area contributed by atoms with Crippen molar-refractivity contribution in [3.8, 4) is 28.7 Å². The average molecular weight is 451 g/mol. The Bertz CT molecular complexity index is 998. The van der Waals surface area contributed by atoms with Crippen LogP contribution in [0.3, 0.4) is 0 Å².